The Hall–Kier alpha value is -0.900. The van der Waals surface area contributed by atoms with E-state index in [2.05, 4.69) is 27.8 Å². The van der Waals surface area contributed by atoms with Gasteiger partial charge in [0.15, 0.2) is 0 Å². The third-order valence-corrected chi connectivity index (χ3v) is 4.08. The van der Waals surface area contributed by atoms with Crippen LogP contribution in [0.5, 0.6) is 0 Å². The molecule has 0 bridgehead atoms. The van der Waals surface area contributed by atoms with Crippen LogP contribution in [0.3, 0.4) is 0 Å². The Morgan fingerprint density at radius 3 is 2.82 bits per heavy atom. The number of aromatic nitrogens is 1. The lowest BCUT2D eigenvalue weighted by Gasteiger charge is -2.31. The maximum absolute atomic E-state index is 12.2. The standard InChI is InChI=1S/C13H17BrN2O/c1-2-10-5-8-16(9-6-10)13(17)12-11(14)4-3-7-15-12/h3-4,7,10H,2,5-6,8-9H2,1H3. The Bertz CT molecular complexity index is 400. The second-order valence-electron chi connectivity index (χ2n) is 4.48. The Labute approximate surface area is 110 Å². The van der Waals surface area contributed by atoms with Crippen LogP contribution in [0.15, 0.2) is 22.8 Å². The molecule has 1 fully saturated rings. The summed E-state index contributed by atoms with van der Waals surface area (Å²) in [6.07, 6.45) is 5.12. The van der Waals surface area contributed by atoms with E-state index in [0.717, 1.165) is 36.3 Å². The molecule has 3 nitrogen and oxygen atoms in total. The number of rotatable bonds is 2. The highest BCUT2D eigenvalue weighted by Crippen LogP contribution is 2.22. The Morgan fingerprint density at radius 2 is 2.24 bits per heavy atom. The molecule has 1 aromatic heterocycles. The van der Waals surface area contributed by atoms with Crippen LogP contribution in [0.4, 0.5) is 0 Å². The van der Waals surface area contributed by atoms with E-state index in [1.54, 1.807) is 6.20 Å². The largest absolute Gasteiger partial charge is 0.337 e. The summed E-state index contributed by atoms with van der Waals surface area (Å²) in [4.78, 5) is 18.3. The first kappa shape index (κ1) is 12.6. The number of amides is 1. The van der Waals surface area contributed by atoms with E-state index < -0.39 is 0 Å². The number of pyridine rings is 1. The lowest BCUT2D eigenvalue weighted by molar-refractivity contribution is 0.0682. The minimum atomic E-state index is 0.0482. The minimum Gasteiger partial charge on any atom is -0.337 e. The van der Waals surface area contributed by atoms with Crippen LogP contribution in [0.25, 0.3) is 0 Å². The highest BCUT2D eigenvalue weighted by atomic mass is 79.9. The fourth-order valence-corrected chi connectivity index (χ4v) is 2.66. The van der Waals surface area contributed by atoms with Crippen molar-refractivity contribution >= 4 is 21.8 Å². The van der Waals surface area contributed by atoms with Gasteiger partial charge in [-0.3, -0.25) is 4.79 Å². The highest BCUT2D eigenvalue weighted by Gasteiger charge is 2.24. The number of hydrogen-bond donors (Lipinski definition) is 0. The molecule has 0 radical (unpaired) electrons. The maximum atomic E-state index is 12.2. The monoisotopic (exact) mass is 296 g/mol. The van der Waals surface area contributed by atoms with E-state index in [-0.39, 0.29) is 5.91 Å². The van der Waals surface area contributed by atoms with Crippen LogP contribution in [0.1, 0.15) is 36.7 Å². The zero-order valence-electron chi connectivity index (χ0n) is 10.0. The molecule has 0 N–H and O–H groups in total. The van der Waals surface area contributed by atoms with E-state index in [4.69, 9.17) is 0 Å². The van der Waals surface area contributed by atoms with Gasteiger partial charge in [0.1, 0.15) is 5.69 Å². The Kier molecular flexibility index (Phi) is 4.15. The third kappa shape index (κ3) is 2.86. The second kappa shape index (κ2) is 5.63. The van der Waals surface area contributed by atoms with Crippen molar-refractivity contribution in [1.29, 1.82) is 0 Å². The number of halogens is 1. The smallest absolute Gasteiger partial charge is 0.273 e. The fraction of sp³-hybridized carbons (Fsp3) is 0.538. The van der Waals surface area contributed by atoms with Gasteiger partial charge in [-0.2, -0.15) is 0 Å². The molecule has 0 spiro atoms. The Morgan fingerprint density at radius 1 is 1.53 bits per heavy atom. The van der Waals surface area contributed by atoms with Gasteiger partial charge in [0.25, 0.3) is 5.91 Å². The topological polar surface area (TPSA) is 33.2 Å². The number of carbonyl (C=O) groups excluding carboxylic acids is 1. The molecule has 1 saturated heterocycles. The molecule has 2 heterocycles. The van der Waals surface area contributed by atoms with Crippen molar-refractivity contribution in [2.24, 2.45) is 5.92 Å². The predicted octanol–water partition coefficient (Wildman–Crippen LogP) is 3.11. The molecule has 4 heteroatoms. The molecule has 0 unspecified atom stereocenters. The summed E-state index contributed by atoms with van der Waals surface area (Å²) in [6, 6.07) is 3.68. The van der Waals surface area contributed by atoms with Gasteiger partial charge in [0, 0.05) is 23.8 Å². The number of likely N-dealkylation sites (tertiary alicyclic amines) is 1. The average Bonchev–Trinajstić information content (AvgIpc) is 2.39. The maximum Gasteiger partial charge on any atom is 0.273 e. The van der Waals surface area contributed by atoms with Gasteiger partial charge in [-0.05, 0) is 46.8 Å². The molecule has 92 valence electrons. The van der Waals surface area contributed by atoms with Crippen molar-refractivity contribution in [3.63, 3.8) is 0 Å². The van der Waals surface area contributed by atoms with Crippen LogP contribution in [0, 0.1) is 5.92 Å². The number of carbonyl (C=O) groups is 1. The van der Waals surface area contributed by atoms with Crippen LogP contribution >= 0.6 is 15.9 Å². The van der Waals surface area contributed by atoms with E-state index in [1.807, 2.05) is 17.0 Å². The number of hydrogen-bond acceptors (Lipinski definition) is 2. The van der Waals surface area contributed by atoms with Crippen LogP contribution in [0.2, 0.25) is 0 Å². The van der Waals surface area contributed by atoms with Crippen LogP contribution in [-0.4, -0.2) is 28.9 Å². The number of nitrogens with zero attached hydrogens (tertiary/aromatic N) is 2. The normalized spacial score (nSPS) is 17.2. The van der Waals surface area contributed by atoms with Gasteiger partial charge in [-0.1, -0.05) is 13.3 Å². The van der Waals surface area contributed by atoms with Crippen molar-refractivity contribution in [1.82, 2.24) is 9.88 Å². The van der Waals surface area contributed by atoms with Gasteiger partial charge in [0.2, 0.25) is 0 Å². The summed E-state index contributed by atoms with van der Waals surface area (Å²) < 4.78 is 0.780. The third-order valence-electron chi connectivity index (χ3n) is 3.44. The summed E-state index contributed by atoms with van der Waals surface area (Å²) in [5.41, 5.74) is 0.530. The van der Waals surface area contributed by atoms with Crippen molar-refractivity contribution in [3.05, 3.63) is 28.5 Å². The molecular formula is C13H17BrN2O. The summed E-state index contributed by atoms with van der Waals surface area (Å²) >= 11 is 3.38. The zero-order valence-corrected chi connectivity index (χ0v) is 11.6. The molecule has 1 aliphatic rings. The molecule has 2 rings (SSSR count). The van der Waals surface area contributed by atoms with Crippen LogP contribution < -0.4 is 0 Å². The van der Waals surface area contributed by atoms with E-state index >= 15 is 0 Å². The molecule has 1 aliphatic heterocycles. The first-order chi connectivity index (χ1) is 8.22. The summed E-state index contributed by atoms with van der Waals surface area (Å²) in [5, 5.41) is 0. The quantitative estimate of drug-likeness (QED) is 0.840. The first-order valence-electron chi connectivity index (χ1n) is 6.12. The molecule has 0 saturated carbocycles. The van der Waals surface area contributed by atoms with Crippen molar-refractivity contribution in [2.75, 3.05) is 13.1 Å². The van der Waals surface area contributed by atoms with Crippen LogP contribution in [-0.2, 0) is 0 Å². The van der Waals surface area contributed by atoms with Gasteiger partial charge in [-0.15, -0.1) is 0 Å². The molecular weight excluding hydrogens is 280 g/mol. The summed E-state index contributed by atoms with van der Waals surface area (Å²) in [7, 11) is 0. The van der Waals surface area contributed by atoms with Gasteiger partial charge >= 0.3 is 0 Å². The molecule has 17 heavy (non-hydrogen) atoms. The van der Waals surface area contributed by atoms with Gasteiger partial charge < -0.3 is 4.90 Å². The minimum absolute atomic E-state index is 0.0482. The fourth-order valence-electron chi connectivity index (χ4n) is 2.24. The number of piperidine rings is 1. The first-order valence-corrected chi connectivity index (χ1v) is 6.91. The van der Waals surface area contributed by atoms with Crippen molar-refractivity contribution in [3.8, 4) is 0 Å². The highest BCUT2D eigenvalue weighted by molar-refractivity contribution is 9.10. The lowest BCUT2D eigenvalue weighted by Crippen LogP contribution is -2.38. The van der Waals surface area contributed by atoms with Crippen molar-refractivity contribution < 1.29 is 4.79 Å². The van der Waals surface area contributed by atoms with E-state index in [1.165, 1.54) is 6.42 Å². The van der Waals surface area contributed by atoms with E-state index in [0.29, 0.717) is 5.69 Å². The second-order valence-corrected chi connectivity index (χ2v) is 5.33. The summed E-state index contributed by atoms with van der Waals surface area (Å²) in [5.74, 6) is 0.832. The summed E-state index contributed by atoms with van der Waals surface area (Å²) in [6.45, 7) is 3.94. The Balaban J connectivity index is 2.04. The van der Waals surface area contributed by atoms with E-state index in [9.17, 15) is 4.79 Å². The SMILES string of the molecule is CCC1CCN(C(=O)c2ncccc2Br)CC1. The van der Waals surface area contributed by atoms with Crippen molar-refractivity contribution in [2.45, 2.75) is 26.2 Å². The molecule has 0 atom stereocenters. The lowest BCUT2D eigenvalue weighted by atomic mass is 9.94. The van der Waals surface area contributed by atoms with Gasteiger partial charge in [-0.25, -0.2) is 4.98 Å². The molecule has 1 aromatic rings. The molecule has 1 amide bonds. The average molecular weight is 297 g/mol. The predicted molar refractivity (Wildman–Crippen MR) is 70.9 cm³/mol. The molecule has 0 aliphatic carbocycles. The molecule has 0 aromatic carbocycles. The van der Waals surface area contributed by atoms with Gasteiger partial charge in [0.05, 0.1) is 0 Å². The zero-order chi connectivity index (χ0) is 12.3.